The number of ketones is 1. The van der Waals surface area contributed by atoms with Crippen LogP contribution >= 0.6 is 11.6 Å². The average Bonchev–Trinajstić information content (AvgIpc) is 3.29. The van der Waals surface area contributed by atoms with E-state index < -0.39 is 11.7 Å². The van der Waals surface area contributed by atoms with Gasteiger partial charge in [-0.2, -0.15) is 9.78 Å². The van der Waals surface area contributed by atoms with Gasteiger partial charge in [0.15, 0.2) is 11.6 Å². The fourth-order valence-electron chi connectivity index (χ4n) is 4.70. The minimum absolute atomic E-state index is 0.136. The normalized spacial score (nSPS) is 16.5. The lowest BCUT2D eigenvalue weighted by Gasteiger charge is -2.28. The monoisotopic (exact) mass is 442 g/mol. The maximum absolute atomic E-state index is 15.2. The summed E-state index contributed by atoms with van der Waals surface area (Å²) in [6, 6.07) is 17.5. The highest BCUT2D eigenvalue weighted by Gasteiger charge is 2.44. The Morgan fingerprint density at radius 2 is 1.78 bits per heavy atom. The van der Waals surface area contributed by atoms with Crippen molar-refractivity contribution in [3.8, 4) is 5.82 Å². The molecule has 1 N–H and O–H groups in total. The first kappa shape index (κ1) is 19.0. The summed E-state index contributed by atoms with van der Waals surface area (Å²) in [5.74, 6) is -0.0375. The predicted molar refractivity (Wildman–Crippen MR) is 121 cm³/mol. The van der Waals surface area contributed by atoms with E-state index in [1.807, 2.05) is 43.3 Å². The van der Waals surface area contributed by atoms with E-state index in [-0.39, 0.29) is 16.4 Å². The first-order valence-corrected chi connectivity index (χ1v) is 10.5. The van der Waals surface area contributed by atoms with Crippen molar-refractivity contribution < 1.29 is 9.18 Å². The van der Waals surface area contributed by atoms with Crippen LogP contribution in [0.1, 0.15) is 38.7 Å². The molecule has 3 heterocycles. The molecule has 0 bridgehead atoms. The zero-order valence-electron chi connectivity index (χ0n) is 16.9. The number of fused-ring (bicyclic) bond motifs is 3. The molecule has 7 heteroatoms. The van der Waals surface area contributed by atoms with Crippen molar-refractivity contribution in [3.63, 3.8) is 0 Å². The summed E-state index contributed by atoms with van der Waals surface area (Å²) in [5.41, 5.74) is 4.15. The van der Waals surface area contributed by atoms with Crippen LogP contribution in [0.2, 0.25) is 5.02 Å². The molecular weight excluding hydrogens is 427 g/mol. The summed E-state index contributed by atoms with van der Waals surface area (Å²) in [6.07, 6.45) is 1.69. The van der Waals surface area contributed by atoms with Gasteiger partial charge >= 0.3 is 0 Å². The molecule has 4 aromatic rings. The fraction of sp³-hybridized carbons (Fsp3) is 0.0800. The molecule has 32 heavy (non-hydrogen) atoms. The second-order valence-corrected chi connectivity index (χ2v) is 8.21. The van der Waals surface area contributed by atoms with Crippen molar-refractivity contribution in [3.05, 3.63) is 111 Å². The minimum atomic E-state index is -0.702. The molecule has 0 unspecified atom stereocenters. The third kappa shape index (κ3) is 2.53. The number of Topliss-reactive ketones (excluding diaryl/α,β-unsaturated/α-hetero) is 1. The van der Waals surface area contributed by atoms with E-state index in [2.05, 4.69) is 10.3 Å². The van der Waals surface area contributed by atoms with Crippen LogP contribution in [0.25, 0.3) is 11.5 Å². The molecular formula is C25H16ClFN4O. The van der Waals surface area contributed by atoms with Gasteiger partial charge in [-0.3, -0.25) is 4.79 Å². The van der Waals surface area contributed by atoms with Crippen LogP contribution in [0.3, 0.4) is 0 Å². The third-order valence-electron chi connectivity index (χ3n) is 6.04. The molecule has 2 aliphatic rings. The Labute approximate surface area is 188 Å². The van der Waals surface area contributed by atoms with E-state index in [1.54, 1.807) is 29.1 Å². The van der Waals surface area contributed by atoms with Crippen LogP contribution in [-0.2, 0) is 0 Å². The molecule has 0 amide bonds. The number of aryl methyl sites for hydroxylation is 1. The highest BCUT2D eigenvalue weighted by molar-refractivity contribution is 6.32. The summed E-state index contributed by atoms with van der Waals surface area (Å²) in [5, 5.41) is 8.39. The first-order chi connectivity index (χ1) is 15.6. The molecule has 0 radical (unpaired) electrons. The number of rotatable bonds is 2. The van der Waals surface area contributed by atoms with Crippen molar-refractivity contribution in [2.45, 2.75) is 12.8 Å². The molecule has 1 aliphatic carbocycles. The molecule has 6 rings (SSSR count). The van der Waals surface area contributed by atoms with Crippen molar-refractivity contribution >= 4 is 28.9 Å². The van der Waals surface area contributed by atoms with E-state index in [0.717, 1.165) is 5.56 Å². The number of carbonyl (C=O) groups excluding carboxylic acids is 1. The van der Waals surface area contributed by atoms with Gasteiger partial charge in [-0.1, -0.05) is 48.0 Å². The summed E-state index contributed by atoms with van der Waals surface area (Å²) in [7, 11) is 0. The second kappa shape index (κ2) is 6.87. The molecule has 0 fully saturated rings. The lowest BCUT2D eigenvalue weighted by molar-refractivity contribution is 0.103. The molecule has 156 valence electrons. The Kier molecular flexibility index (Phi) is 4.07. The Morgan fingerprint density at radius 1 is 1.00 bits per heavy atom. The number of halogens is 2. The Bertz CT molecular complexity index is 1440. The van der Waals surface area contributed by atoms with Gasteiger partial charge in [-0.05, 0) is 31.2 Å². The largest absolute Gasteiger partial charge is 0.339 e. The van der Waals surface area contributed by atoms with Gasteiger partial charge in [0.2, 0.25) is 0 Å². The van der Waals surface area contributed by atoms with Crippen molar-refractivity contribution in [2.24, 2.45) is 0 Å². The molecule has 2 aromatic heterocycles. The van der Waals surface area contributed by atoms with Crippen LogP contribution < -0.4 is 5.32 Å². The smallest absolute Gasteiger partial charge is 0.192 e. The van der Waals surface area contributed by atoms with Crippen molar-refractivity contribution in [1.29, 1.82) is 0 Å². The predicted octanol–water partition coefficient (Wildman–Crippen LogP) is 5.53. The number of hydrogen-bond acceptors (Lipinski definition) is 4. The number of hydrogen-bond donors (Lipinski definition) is 1. The molecule has 1 atom stereocenters. The van der Waals surface area contributed by atoms with E-state index in [1.165, 1.54) is 6.07 Å². The number of nitrogens with zero attached hydrogens (tertiary/aromatic N) is 3. The van der Waals surface area contributed by atoms with Crippen LogP contribution in [0.5, 0.6) is 0 Å². The van der Waals surface area contributed by atoms with Gasteiger partial charge in [-0.25, -0.2) is 9.37 Å². The van der Waals surface area contributed by atoms with Gasteiger partial charge in [0.05, 0.1) is 11.4 Å². The number of aromatic nitrogens is 3. The Morgan fingerprint density at radius 3 is 2.53 bits per heavy atom. The molecule has 2 aromatic carbocycles. The quantitative estimate of drug-likeness (QED) is 0.443. The molecule has 0 saturated heterocycles. The Balaban J connectivity index is 1.68. The summed E-state index contributed by atoms with van der Waals surface area (Å²) < 4.78 is 16.9. The molecule has 5 nitrogen and oxygen atoms in total. The number of anilines is 1. The number of pyridine rings is 1. The van der Waals surface area contributed by atoms with Gasteiger partial charge < -0.3 is 5.32 Å². The molecule has 0 spiro atoms. The van der Waals surface area contributed by atoms with Gasteiger partial charge in [0.25, 0.3) is 0 Å². The number of benzene rings is 2. The lowest BCUT2D eigenvalue weighted by Crippen LogP contribution is -2.21. The summed E-state index contributed by atoms with van der Waals surface area (Å²) >= 11 is 6.52. The zero-order valence-corrected chi connectivity index (χ0v) is 17.7. The zero-order chi connectivity index (χ0) is 22.0. The van der Waals surface area contributed by atoms with Crippen LogP contribution in [0.4, 0.5) is 10.2 Å². The van der Waals surface area contributed by atoms with Gasteiger partial charge in [0.1, 0.15) is 11.6 Å². The maximum atomic E-state index is 15.2. The fourth-order valence-corrected chi connectivity index (χ4v) is 4.97. The Hall–Kier alpha value is -3.77. The highest BCUT2D eigenvalue weighted by Crippen LogP contribution is 2.52. The van der Waals surface area contributed by atoms with E-state index in [4.69, 9.17) is 16.7 Å². The van der Waals surface area contributed by atoms with Gasteiger partial charge in [0, 0.05) is 45.0 Å². The van der Waals surface area contributed by atoms with Crippen molar-refractivity contribution in [2.75, 3.05) is 5.32 Å². The topological polar surface area (TPSA) is 59.8 Å². The van der Waals surface area contributed by atoms with Crippen molar-refractivity contribution in [1.82, 2.24) is 14.8 Å². The lowest BCUT2D eigenvalue weighted by atomic mass is 9.80. The molecule has 0 saturated carbocycles. The van der Waals surface area contributed by atoms with Crippen LogP contribution in [0, 0.1) is 12.7 Å². The number of nitrogens with one attached hydrogen (secondary N) is 1. The molecule has 1 aliphatic heterocycles. The van der Waals surface area contributed by atoms with E-state index in [0.29, 0.717) is 39.7 Å². The standard InChI is InChI=1S/C25H16ClFN4O/c1-13-19-21(20-16(26)9-6-10-17(20)27)22-23(14-7-2-3-8-15(14)24(22)32)29-25(19)31(30-13)18-11-4-5-12-28-18/h2-12,21,29H,1H3/t21-/m1/s1. The number of carbonyl (C=O) groups is 1. The SMILES string of the molecule is Cc1nn(-c2ccccn2)c2c1[C@H](c1c(F)cccc1Cl)C1=C(N2)c2ccccc2C1=O. The van der Waals surface area contributed by atoms with E-state index in [9.17, 15) is 4.79 Å². The first-order valence-electron chi connectivity index (χ1n) is 10.2. The minimum Gasteiger partial charge on any atom is -0.339 e. The van der Waals surface area contributed by atoms with E-state index >= 15 is 4.39 Å². The van der Waals surface area contributed by atoms with Crippen LogP contribution in [0.15, 0.2) is 72.4 Å². The van der Waals surface area contributed by atoms with Gasteiger partial charge in [-0.15, -0.1) is 0 Å². The number of allylic oxidation sites excluding steroid dienone is 1. The summed E-state index contributed by atoms with van der Waals surface area (Å²) in [4.78, 5) is 18.0. The highest BCUT2D eigenvalue weighted by atomic mass is 35.5. The third-order valence-corrected chi connectivity index (χ3v) is 6.37. The second-order valence-electron chi connectivity index (χ2n) is 7.80. The average molecular weight is 443 g/mol. The van der Waals surface area contributed by atoms with Crippen LogP contribution in [-0.4, -0.2) is 20.5 Å². The summed E-state index contributed by atoms with van der Waals surface area (Å²) in [6.45, 7) is 1.85. The maximum Gasteiger partial charge on any atom is 0.192 e.